The second kappa shape index (κ2) is 7.15. The fourth-order valence-corrected chi connectivity index (χ4v) is 3.69. The molecule has 0 spiro atoms. The average molecular weight is 314 g/mol. The van der Waals surface area contributed by atoms with Crippen LogP contribution in [0.15, 0.2) is 12.4 Å². The van der Waals surface area contributed by atoms with Crippen molar-refractivity contribution in [1.29, 1.82) is 0 Å². The molecule has 1 aliphatic heterocycles. The largest absolute Gasteiger partial charge is 0.385 e. The minimum absolute atomic E-state index is 0.141. The van der Waals surface area contributed by atoms with Gasteiger partial charge in [-0.05, 0) is 18.9 Å². The van der Waals surface area contributed by atoms with Crippen molar-refractivity contribution in [2.75, 3.05) is 50.5 Å². The maximum absolute atomic E-state index is 12.2. The van der Waals surface area contributed by atoms with E-state index >= 15 is 0 Å². The Morgan fingerprint density at radius 3 is 2.38 bits per heavy atom. The SMILES string of the molecule is COCCCS(=O)(=O)N1CCN(c2ncc(C)cn2)CC1. The molecule has 21 heavy (non-hydrogen) atoms. The Hall–Kier alpha value is -1.25. The molecule has 0 unspecified atom stereocenters. The van der Waals surface area contributed by atoms with E-state index in [4.69, 9.17) is 4.74 Å². The minimum Gasteiger partial charge on any atom is -0.385 e. The van der Waals surface area contributed by atoms with Gasteiger partial charge in [-0.3, -0.25) is 0 Å². The molecule has 7 nitrogen and oxygen atoms in total. The zero-order valence-electron chi connectivity index (χ0n) is 12.5. The van der Waals surface area contributed by atoms with Crippen molar-refractivity contribution >= 4 is 16.0 Å². The van der Waals surface area contributed by atoms with E-state index in [0.717, 1.165) is 5.56 Å². The zero-order valence-corrected chi connectivity index (χ0v) is 13.3. The first-order valence-electron chi connectivity index (χ1n) is 7.03. The molecule has 1 fully saturated rings. The van der Waals surface area contributed by atoms with E-state index in [1.54, 1.807) is 23.8 Å². The van der Waals surface area contributed by atoms with Crippen molar-refractivity contribution in [3.63, 3.8) is 0 Å². The Balaban J connectivity index is 1.89. The summed E-state index contributed by atoms with van der Waals surface area (Å²) < 4.78 is 30.8. The summed E-state index contributed by atoms with van der Waals surface area (Å²) >= 11 is 0. The van der Waals surface area contributed by atoms with Crippen molar-refractivity contribution in [2.24, 2.45) is 0 Å². The van der Waals surface area contributed by atoms with Crippen LogP contribution in [0.3, 0.4) is 0 Å². The van der Waals surface area contributed by atoms with Crippen molar-refractivity contribution in [3.05, 3.63) is 18.0 Å². The van der Waals surface area contributed by atoms with E-state index in [2.05, 4.69) is 9.97 Å². The normalized spacial score (nSPS) is 17.1. The summed E-state index contributed by atoms with van der Waals surface area (Å²) in [4.78, 5) is 10.6. The van der Waals surface area contributed by atoms with Gasteiger partial charge in [-0.2, -0.15) is 4.31 Å². The molecule has 0 bridgehead atoms. The van der Waals surface area contributed by atoms with E-state index in [9.17, 15) is 8.42 Å². The molecule has 2 heterocycles. The minimum atomic E-state index is -3.18. The third kappa shape index (κ3) is 4.36. The van der Waals surface area contributed by atoms with Crippen LogP contribution in [0.5, 0.6) is 0 Å². The monoisotopic (exact) mass is 314 g/mol. The first kappa shape index (κ1) is 16.1. The molecule has 1 aromatic rings. The Morgan fingerprint density at radius 1 is 1.19 bits per heavy atom. The Bertz CT molecular complexity index is 539. The van der Waals surface area contributed by atoms with Gasteiger partial charge < -0.3 is 9.64 Å². The van der Waals surface area contributed by atoms with Crippen LogP contribution in [0.1, 0.15) is 12.0 Å². The number of hydrogen-bond acceptors (Lipinski definition) is 6. The predicted octanol–water partition coefficient (Wildman–Crippen LogP) is 0.273. The maximum atomic E-state index is 12.2. The molecular weight excluding hydrogens is 292 g/mol. The van der Waals surface area contributed by atoms with Crippen molar-refractivity contribution in [2.45, 2.75) is 13.3 Å². The fourth-order valence-electron chi connectivity index (χ4n) is 2.23. The quantitative estimate of drug-likeness (QED) is 0.702. The van der Waals surface area contributed by atoms with Crippen LogP contribution in [0.2, 0.25) is 0 Å². The van der Waals surface area contributed by atoms with E-state index in [1.807, 2.05) is 11.8 Å². The van der Waals surface area contributed by atoms with Crippen LogP contribution in [-0.2, 0) is 14.8 Å². The van der Waals surface area contributed by atoms with Gasteiger partial charge in [0.2, 0.25) is 16.0 Å². The summed E-state index contributed by atoms with van der Waals surface area (Å²) in [7, 11) is -1.61. The lowest BCUT2D eigenvalue weighted by Gasteiger charge is -2.33. The third-order valence-electron chi connectivity index (χ3n) is 3.43. The molecule has 0 amide bonds. The first-order chi connectivity index (χ1) is 10.0. The van der Waals surface area contributed by atoms with Crippen LogP contribution in [0, 0.1) is 6.92 Å². The summed E-state index contributed by atoms with van der Waals surface area (Å²) in [5, 5.41) is 0. The van der Waals surface area contributed by atoms with E-state index in [-0.39, 0.29) is 5.75 Å². The topological polar surface area (TPSA) is 75.6 Å². The first-order valence-corrected chi connectivity index (χ1v) is 8.64. The summed E-state index contributed by atoms with van der Waals surface area (Å²) in [5.41, 5.74) is 1.01. The van der Waals surface area contributed by atoms with E-state index < -0.39 is 10.0 Å². The van der Waals surface area contributed by atoms with Crippen LogP contribution >= 0.6 is 0 Å². The second-order valence-corrected chi connectivity index (χ2v) is 7.20. The number of piperazine rings is 1. The van der Waals surface area contributed by atoms with Crippen LogP contribution in [-0.4, -0.2) is 68.3 Å². The van der Waals surface area contributed by atoms with Crippen molar-refractivity contribution in [1.82, 2.24) is 14.3 Å². The fraction of sp³-hybridized carbons (Fsp3) is 0.692. The average Bonchev–Trinajstić information content (AvgIpc) is 2.48. The van der Waals surface area contributed by atoms with Crippen molar-refractivity contribution < 1.29 is 13.2 Å². The van der Waals surface area contributed by atoms with Gasteiger partial charge in [0.05, 0.1) is 5.75 Å². The molecule has 118 valence electrons. The van der Waals surface area contributed by atoms with Gasteiger partial charge in [-0.15, -0.1) is 0 Å². The zero-order chi connectivity index (χ0) is 15.3. The summed E-state index contributed by atoms with van der Waals surface area (Å²) in [6.45, 7) is 4.60. The lowest BCUT2D eigenvalue weighted by Crippen LogP contribution is -2.49. The van der Waals surface area contributed by atoms with E-state index in [1.165, 1.54) is 0 Å². The van der Waals surface area contributed by atoms with Gasteiger partial charge in [0.15, 0.2) is 0 Å². The second-order valence-electron chi connectivity index (χ2n) is 5.11. The van der Waals surface area contributed by atoms with Crippen LogP contribution in [0.25, 0.3) is 0 Å². The highest BCUT2D eigenvalue weighted by Crippen LogP contribution is 2.13. The van der Waals surface area contributed by atoms with E-state index in [0.29, 0.717) is 45.2 Å². The van der Waals surface area contributed by atoms with Gasteiger partial charge in [-0.25, -0.2) is 18.4 Å². The molecule has 1 aromatic heterocycles. The molecule has 0 aliphatic carbocycles. The van der Waals surface area contributed by atoms with Gasteiger partial charge in [0.1, 0.15) is 0 Å². The molecule has 0 radical (unpaired) electrons. The number of methoxy groups -OCH3 is 1. The van der Waals surface area contributed by atoms with Gasteiger partial charge >= 0.3 is 0 Å². The Morgan fingerprint density at radius 2 is 1.81 bits per heavy atom. The third-order valence-corrected chi connectivity index (χ3v) is 5.39. The maximum Gasteiger partial charge on any atom is 0.225 e. The molecule has 0 atom stereocenters. The highest BCUT2D eigenvalue weighted by Gasteiger charge is 2.27. The molecule has 1 saturated heterocycles. The lowest BCUT2D eigenvalue weighted by atomic mass is 10.4. The summed E-state index contributed by atoms with van der Waals surface area (Å²) in [6.07, 6.45) is 4.08. The van der Waals surface area contributed by atoms with Gasteiger partial charge in [0, 0.05) is 52.3 Å². The van der Waals surface area contributed by atoms with Crippen LogP contribution in [0.4, 0.5) is 5.95 Å². The number of rotatable bonds is 6. The van der Waals surface area contributed by atoms with Gasteiger partial charge in [0.25, 0.3) is 0 Å². The molecule has 2 rings (SSSR count). The molecule has 0 saturated carbocycles. The highest BCUT2D eigenvalue weighted by molar-refractivity contribution is 7.89. The molecule has 0 N–H and O–H groups in total. The lowest BCUT2D eigenvalue weighted by molar-refractivity contribution is 0.199. The number of hydrogen-bond donors (Lipinski definition) is 0. The number of aryl methyl sites for hydroxylation is 1. The molecule has 1 aliphatic rings. The number of sulfonamides is 1. The highest BCUT2D eigenvalue weighted by atomic mass is 32.2. The number of nitrogens with zero attached hydrogens (tertiary/aromatic N) is 4. The predicted molar refractivity (Wildman–Crippen MR) is 80.8 cm³/mol. The number of anilines is 1. The Labute approximate surface area is 126 Å². The number of aromatic nitrogens is 2. The summed E-state index contributed by atoms with van der Waals surface area (Å²) in [5.74, 6) is 0.805. The van der Waals surface area contributed by atoms with Gasteiger partial charge in [-0.1, -0.05) is 0 Å². The van der Waals surface area contributed by atoms with Crippen molar-refractivity contribution in [3.8, 4) is 0 Å². The molecule has 8 heteroatoms. The smallest absolute Gasteiger partial charge is 0.225 e. The molecular formula is C13H22N4O3S. The summed E-state index contributed by atoms with van der Waals surface area (Å²) in [6, 6.07) is 0. The Kier molecular flexibility index (Phi) is 5.49. The number of ether oxygens (including phenoxy) is 1. The van der Waals surface area contributed by atoms with Crippen LogP contribution < -0.4 is 4.90 Å². The molecule has 0 aromatic carbocycles. The standard InChI is InChI=1S/C13H22N4O3S/c1-12-10-14-13(15-11-12)16-4-6-17(7-5-16)21(18,19)9-3-8-20-2/h10-11H,3-9H2,1-2H3.